The third-order valence-corrected chi connectivity index (χ3v) is 3.61. The van der Waals surface area contributed by atoms with Gasteiger partial charge in [0.05, 0.1) is 12.8 Å². The number of hydrogen-bond acceptors (Lipinski definition) is 4. The van der Waals surface area contributed by atoms with Crippen LogP contribution in [0.5, 0.6) is 5.75 Å². The number of Topliss-reactive ketones (excluding diaryl/α,β-unsaturated/α-hetero) is 1. The molecule has 1 fully saturated rings. The van der Waals surface area contributed by atoms with E-state index in [1.807, 2.05) is 6.92 Å². The summed E-state index contributed by atoms with van der Waals surface area (Å²) in [5.41, 5.74) is 6.53. The van der Waals surface area contributed by atoms with Gasteiger partial charge in [0.25, 0.3) is 0 Å². The van der Waals surface area contributed by atoms with E-state index >= 15 is 0 Å². The first-order valence-electron chi connectivity index (χ1n) is 7.08. The molecule has 104 valence electrons. The Morgan fingerprint density at radius 2 is 2.11 bits per heavy atom. The van der Waals surface area contributed by atoms with Crippen LogP contribution in [0.25, 0.3) is 0 Å². The summed E-state index contributed by atoms with van der Waals surface area (Å²) in [7, 11) is 0. The molecule has 0 saturated heterocycles. The molecule has 19 heavy (non-hydrogen) atoms. The van der Waals surface area contributed by atoms with E-state index in [0.29, 0.717) is 17.9 Å². The summed E-state index contributed by atoms with van der Waals surface area (Å²) in [6, 6.07) is 2.07. The van der Waals surface area contributed by atoms with E-state index in [4.69, 9.17) is 10.5 Å². The first kappa shape index (κ1) is 14.0. The van der Waals surface area contributed by atoms with E-state index in [1.54, 1.807) is 18.5 Å². The Hall–Kier alpha value is -1.42. The van der Waals surface area contributed by atoms with Crippen molar-refractivity contribution in [3.8, 4) is 5.75 Å². The summed E-state index contributed by atoms with van der Waals surface area (Å²) in [6.07, 6.45) is 7.89. The van der Waals surface area contributed by atoms with Crippen molar-refractivity contribution in [1.29, 1.82) is 0 Å². The zero-order valence-electron chi connectivity index (χ0n) is 11.5. The summed E-state index contributed by atoms with van der Waals surface area (Å²) in [6.45, 7) is 2.70. The third kappa shape index (κ3) is 3.77. The monoisotopic (exact) mass is 262 g/mol. The molecule has 4 nitrogen and oxygen atoms in total. The van der Waals surface area contributed by atoms with Gasteiger partial charge < -0.3 is 10.5 Å². The van der Waals surface area contributed by atoms with Gasteiger partial charge in [0.15, 0.2) is 5.78 Å². The van der Waals surface area contributed by atoms with Crippen molar-refractivity contribution >= 4 is 5.78 Å². The predicted octanol–water partition coefficient (Wildman–Crippen LogP) is 2.57. The summed E-state index contributed by atoms with van der Waals surface area (Å²) >= 11 is 0. The van der Waals surface area contributed by atoms with Gasteiger partial charge in [-0.05, 0) is 38.2 Å². The van der Waals surface area contributed by atoms with Crippen LogP contribution in [0.4, 0.5) is 0 Å². The number of carbonyl (C=O) groups excluding carboxylic acids is 1. The quantitative estimate of drug-likeness (QED) is 0.828. The smallest absolute Gasteiger partial charge is 0.167 e. The molecule has 0 aliphatic heterocycles. The van der Waals surface area contributed by atoms with Crippen molar-refractivity contribution in [3.63, 3.8) is 0 Å². The van der Waals surface area contributed by atoms with Crippen molar-refractivity contribution in [2.75, 3.05) is 6.61 Å². The molecule has 0 atom stereocenters. The number of pyridine rings is 1. The Labute approximate surface area is 114 Å². The molecule has 1 heterocycles. The predicted molar refractivity (Wildman–Crippen MR) is 74.3 cm³/mol. The highest BCUT2D eigenvalue weighted by Gasteiger charge is 2.25. The Morgan fingerprint density at radius 1 is 1.37 bits per heavy atom. The van der Waals surface area contributed by atoms with Gasteiger partial charge in [0.1, 0.15) is 5.75 Å². The van der Waals surface area contributed by atoms with Crippen LogP contribution >= 0.6 is 0 Å². The normalized spacial score (nSPS) is 23.1. The Balaban J connectivity index is 2.02. The van der Waals surface area contributed by atoms with Crippen LogP contribution in [0, 0.1) is 5.92 Å². The standard InChI is InChI=1S/C15H22N2O2/c1-2-7-19-14-8-12(9-17-10-14)15(18)11-3-5-13(16)6-4-11/h8-11,13H,2-7,16H2,1H3. The molecular formula is C15H22N2O2. The number of nitrogens with two attached hydrogens (primary N) is 1. The van der Waals surface area contributed by atoms with Gasteiger partial charge in [0, 0.05) is 23.7 Å². The van der Waals surface area contributed by atoms with Crippen LogP contribution in [-0.4, -0.2) is 23.4 Å². The maximum atomic E-state index is 12.4. The summed E-state index contributed by atoms with van der Waals surface area (Å²) in [5.74, 6) is 0.963. The highest BCUT2D eigenvalue weighted by Crippen LogP contribution is 2.27. The van der Waals surface area contributed by atoms with Crippen LogP contribution in [-0.2, 0) is 0 Å². The molecule has 1 aliphatic rings. The molecule has 0 aromatic carbocycles. The lowest BCUT2D eigenvalue weighted by molar-refractivity contribution is 0.0884. The molecule has 4 heteroatoms. The Kier molecular flexibility index (Phi) is 4.91. The van der Waals surface area contributed by atoms with Crippen molar-refractivity contribution in [2.45, 2.75) is 45.1 Å². The molecule has 2 N–H and O–H groups in total. The van der Waals surface area contributed by atoms with Crippen molar-refractivity contribution < 1.29 is 9.53 Å². The van der Waals surface area contributed by atoms with E-state index in [9.17, 15) is 4.79 Å². The Bertz CT molecular complexity index is 426. The number of nitrogens with zero attached hydrogens (tertiary/aromatic N) is 1. The fraction of sp³-hybridized carbons (Fsp3) is 0.600. The minimum absolute atomic E-state index is 0.100. The number of hydrogen-bond donors (Lipinski definition) is 1. The maximum absolute atomic E-state index is 12.4. The number of aromatic nitrogens is 1. The number of ether oxygens (including phenoxy) is 1. The van der Waals surface area contributed by atoms with Crippen molar-refractivity contribution in [3.05, 3.63) is 24.0 Å². The lowest BCUT2D eigenvalue weighted by atomic mass is 9.82. The van der Waals surface area contributed by atoms with E-state index in [2.05, 4.69) is 4.98 Å². The van der Waals surface area contributed by atoms with Crippen molar-refractivity contribution in [2.24, 2.45) is 11.7 Å². The fourth-order valence-electron chi connectivity index (χ4n) is 2.47. The molecule has 0 spiro atoms. The first-order valence-corrected chi connectivity index (χ1v) is 7.08. The molecule has 0 amide bonds. The van der Waals surface area contributed by atoms with Crippen LogP contribution in [0.1, 0.15) is 49.4 Å². The van der Waals surface area contributed by atoms with Gasteiger partial charge in [-0.3, -0.25) is 9.78 Å². The number of carbonyl (C=O) groups is 1. The summed E-state index contributed by atoms with van der Waals surface area (Å²) in [5, 5.41) is 0. The maximum Gasteiger partial charge on any atom is 0.167 e. The lowest BCUT2D eigenvalue weighted by Gasteiger charge is -2.24. The van der Waals surface area contributed by atoms with Crippen LogP contribution < -0.4 is 10.5 Å². The first-order chi connectivity index (χ1) is 9.20. The molecule has 0 radical (unpaired) electrons. The largest absolute Gasteiger partial charge is 0.492 e. The van der Waals surface area contributed by atoms with Gasteiger partial charge in [0.2, 0.25) is 0 Å². The molecule has 0 unspecified atom stereocenters. The average Bonchev–Trinajstić information content (AvgIpc) is 2.45. The highest BCUT2D eigenvalue weighted by molar-refractivity contribution is 5.97. The molecule has 1 aliphatic carbocycles. The minimum Gasteiger partial charge on any atom is -0.492 e. The molecule has 1 aromatic heterocycles. The zero-order valence-corrected chi connectivity index (χ0v) is 11.5. The second-order valence-corrected chi connectivity index (χ2v) is 5.23. The van der Waals surface area contributed by atoms with Gasteiger partial charge >= 0.3 is 0 Å². The Morgan fingerprint density at radius 3 is 2.79 bits per heavy atom. The molecule has 0 bridgehead atoms. The molecule has 2 rings (SSSR count). The molecule has 1 saturated carbocycles. The van der Waals surface area contributed by atoms with Crippen LogP contribution in [0.2, 0.25) is 0 Å². The second-order valence-electron chi connectivity index (χ2n) is 5.23. The van der Waals surface area contributed by atoms with Gasteiger partial charge in [-0.25, -0.2) is 0 Å². The van der Waals surface area contributed by atoms with E-state index in [0.717, 1.165) is 32.1 Å². The highest BCUT2D eigenvalue weighted by atomic mass is 16.5. The van der Waals surface area contributed by atoms with Gasteiger partial charge in [-0.1, -0.05) is 6.92 Å². The van der Waals surface area contributed by atoms with Crippen LogP contribution in [0.15, 0.2) is 18.5 Å². The minimum atomic E-state index is 0.100. The molecular weight excluding hydrogens is 240 g/mol. The molecule has 1 aromatic rings. The van der Waals surface area contributed by atoms with E-state index in [-0.39, 0.29) is 17.7 Å². The summed E-state index contributed by atoms with van der Waals surface area (Å²) in [4.78, 5) is 16.5. The second kappa shape index (κ2) is 6.66. The van der Waals surface area contributed by atoms with Crippen molar-refractivity contribution in [1.82, 2.24) is 4.98 Å². The number of ketones is 1. The van der Waals surface area contributed by atoms with E-state index in [1.165, 1.54) is 0 Å². The topological polar surface area (TPSA) is 65.2 Å². The third-order valence-electron chi connectivity index (χ3n) is 3.61. The zero-order chi connectivity index (χ0) is 13.7. The van der Waals surface area contributed by atoms with Gasteiger partial charge in [-0.15, -0.1) is 0 Å². The average molecular weight is 262 g/mol. The van der Waals surface area contributed by atoms with Gasteiger partial charge in [-0.2, -0.15) is 0 Å². The number of rotatable bonds is 5. The lowest BCUT2D eigenvalue weighted by Crippen LogP contribution is -2.29. The SMILES string of the molecule is CCCOc1cncc(C(=O)C2CCC(N)CC2)c1. The summed E-state index contributed by atoms with van der Waals surface area (Å²) < 4.78 is 5.52. The fourth-order valence-corrected chi connectivity index (χ4v) is 2.47. The van der Waals surface area contributed by atoms with Crippen LogP contribution in [0.3, 0.4) is 0 Å². The van der Waals surface area contributed by atoms with E-state index < -0.39 is 0 Å².